The van der Waals surface area contributed by atoms with Gasteiger partial charge in [0, 0.05) is 47.5 Å². The molecule has 5 rings (SSSR count). The number of halogens is 3. The van der Waals surface area contributed by atoms with Crippen molar-refractivity contribution in [2.45, 2.75) is 25.8 Å². The van der Waals surface area contributed by atoms with Crippen LogP contribution in [-0.2, 0) is 22.4 Å². The van der Waals surface area contributed by atoms with Crippen LogP contribution in [0, 0.1) is 17.5 Å². The maximum atomic E-state index is 14.0. The summed E-state index contributed by atoms with van der Waals surface area (Å²) in [5.74, 6) is -2.43. The SMILES string of the molecule is CC(=O)Nc1ccc(-c2cccnc2C(Cc2cc(F)cc(F)c2)NC(=O)Cc2c[nH]c3ccc(F)cc23)cc1. The van der Waals surface area contributed by atoms with Gasteiger partial charge in [0.15, 0.2) is 0 Å². The minimum absolute atomic E-state index is 0.0506. The van der Waals surface area contributed by atoms with Crippen molar-refractivity contribution in [2.24, 2.45) is 0 Å². The van der Waals surface area contributed by atoms with Crippen molar-refractivity contribution in [1.29, 1.82) is 0 Å². The number of hydrogen-bond donors (Lipinski definition) is 3. The third kappa shape index (κ3) is 6.20. The van der Waals surface area contributed by atoms with E-state index in [4.69, 9.17) is 0 Å². The molecule has 0 saturated heterocycles. The Kier molecular flexibility index (Phi) is 7.63. The molecule has 3 aromatic carbocycles. The number of benzene rings is 3. The fourth-order valence-corrected chi connectivity index (χ4v) is 4.77. The van der Waals surface area contributed by atoms with Gasteiger partial charge in [-0.25, -0.2) is 13.2 Å². The molecule has 0 aliphatic heterocycles. The predicted molar refractivity (Wildman–Crippen MR) is 147 cm³/mol. The lowest BCUT2D eigenvalue weighted by molar-refractivity contribution is -0.121. The molecule has 2 aromatic heterocycles. The molecule has 3 N–H and O–H groups in total. The third-order valence-electron chi connectivity index (χ3n) is 6.46. The summed E-state index contributed by atoms with van der Waals surface area (Å²) in [7, 11) is 0. The van der Waals surface area contributed by atoms with Crippen LogP contribution in [0.15, 0.2) is 85.2 Å². The first-order chi connectivity index (χ1) is 19.2. The zero-order chi connectivity index (χ0) is 28.2. The Labute approximate surface area is 228 Å². The van der Waals surface area contributed by atoms with Crippen LogP contribution in [0.5, 0.6) is 0 Å². The number of rotatable bonds is 8. The number of amides is 2. The van der Waals surface area contributed by atoms with Gasteiger partial charge in [-0.1, -0.05) is 18.2 Å². The summed E-state index contributed by atoms with van der Waals surface area (Å²) < 4.78 is 41.9. The molecule has 0 spiro atoms. The van der Waals surface area contributed by atoms with E-state index in [-0.39, 0.29) is 24.7 Å². The average Bonchev–Trinajstić information content (AvgIpc) is 3.29. The van der Waals surface area contributed by atoms with Crippen molar-refractivity contribution in [3.63, 3.8) is 0 Å². The first-order valence-corrected chi connectivity index (χ1v) is 12.6. The molecule has 1 atom stereocenters. The van der Waals surface area contributed by atoms with Gasteiger partial charge >= 0.3 is 0 Å². The lowest BCUT2D eigenvalue weighted by Gasteiger charge is -2.22. The maximum absolute atomic E-state index is 14.0. The van der Waals surface area contributed by atoms with Crippen molar-refractivity contribution in [3.8, 4) is 11.1 Å². The van der Waals surface area contributed by atoms with E-state index in [0.717, 1.165) is 11.6 Å². The highest BCUT2D eigenvalue weighted by molar-refractivity contribution is 5.90. The molecule has 5 aromatic rings. The topological polar surface area (TPSA) is 86.9 Å². The van der Waals surface area contributed by atoms with Gasteiger partial charge in [-0.15, -0.1) is 0 Å². The second-order valence-corrected chi connectivity index (χ2v) is 9.48. The average molecular weight is 543 g/mol. The molecule has 0 aliphatic rings. The van der Waals surface area contributed by atoms with Gasteiger partial charge in [-0.05, 0) is 71.6 Å². The Balaban J connectivity index is 1.48. The first-order valence-electron chi connectivity index (χ1n) is 12.6. The number of carbonyl (C=O) groups excluding carboxylic acids is 2. The Morgan fingerprint density at radius 3 is 2.40 bits per heavy atom. The number of aromatic nitrogens is 2. The minimum Gasteiger partial charge on any atom is -0.361 e. The van der Waals surface area contributed by atoms with E-state index in [1.165, 1.54) is 31.2 Å². The van der Waals surface area contributed by atoms with Crippen LogP contribution in [0.2, 0.25) is 0 Å². The van der Waals surface area contributed by atoms with Crippen LogP contribution in [0.25, 0.3) is 22.0 Å². The molecular formula is C31H25F3N4O2. The lowest BCUT2D eigenvalue weighted by atomic mass is 9.95. The maximum Gasteiger partial charge on any atom is 0.225 e. The van der Waals surface area contributed by atoms with Crippen LogP contribution in [-0.4, -0.2) is 21.8 Å². The molecule has 1 unspecified atom stereocenters. The van der Waals surface area contributed by atoms with E-state index in [2.05, 4.69) is 20.6 Å². The zero-order valence-corrected chi connectivity index (χ0v) is 21.5. The van der Waals surface area contributed by atoms with E-state index in [1.54, 1.807) is 36.7 Å². The van der Waals surface area contributed by atoms with Gasteiger partial charge in [0.25, 0.3) is 0 Å². The molecule has 9 heteroatoms. The molecule has 0 fully saturated rings. The number of pyridine rings is 1. The van der Waals surface area contributed by atoms with Crippen LogP contribution in [0.1, 0.15) is 29.8 Å². The zero-order valence-electron chi connectivity index (χ0n) is 21.5. The largest absolute Gasteiger partial charge is 0.361 e. The summed E-state index contributed by atoms with van der Waals surface area (Å²) in [5.41, 5.74) is 4.24. The molecule has 6 nitrogen and oxygen atoms in total. The number of hydrogen-bond acceptors (Lipinski definition) is 3. The van der Waals surface area contributed by atoms with E-state index >= 15 is 0 Å². The Morgan fingerprint density at radius 1 is 0.925 bits per heavy atom. The molecule has 40 heavy (non-hydrogen) atoms. The fraction of sp³-hybridized carbons (Fsp3) is 0.129. The van der Waals surface area contributed by atoms with Crippen molar-refractivity contribution >= 4 is 28.4 Å². The summed E-state index contributed by atoms with van der Waals surface area (Å²) in [6.45, 7) is 1.42. The molecule has 2 amide bonds. The molecule has 0 bridgehead atoms. The van der Waals surface area contributed by atoms with Crippen LogP contribution >= 0.6 is 0 Å². The highest BCUT2D eigenvalue weighted by Gasteiger charge is 2.22. The third-order valence-corrected chi connectivity index (χ3v) is 6.46. The Bertz CT molecular complexity index is 1680. The number of fused-ring (bicyclic) bond motifs is 1. The number of H-pyrrole nitrogens is 1. The quantitative estimate of drug-likeness (QED) is 0.217. The Hall–Kier alpha value is -4.92. The summed E-state index contributed by atoms with van der Waals surface area (Å²) in [6.07, 6.45) is 3.25. The van der Waals surface area contributed by atoms with Crippen LogP contribution in [0.4, 0.5) is 18.9 Å². The highest BCUT2D eigenvalue weighted by Crippen LogP contribution is 2.30. The monoisotopic (exact) mass is 542 g/mol. The van der Waals surface area contributed by atoms with Gasteiger partial charge in [0.2, 0.25) is 11.8 Å². The number of aromatic amines is 1. The first kappa shape index (κ1) is 26.7. The standard InChI is InChI=1S/C31H25F3N4O2/c1-18(39)37-25-7-4-20(5-8-25)26-3-2-10-35-31(26)29(13-19-11-23(33)15-24(34)12-19)38-30(40)14-21-17-36-28-9-6-22(32)16-27(21)28/h2-12,15-17,29,36H,13-14H2,1H3,(H,37,39)(H,38,40). The normalized spacial score (nSPS) is 11.8. The second kappa shape index (κ2) is 11.4. The fourth-order valence-electron chi connectivity index (χ4n) is 4.77. The lowest BCUT2D eigenvalue weighted by Crippen LogP contribution is -2.32. The predicted octanol–water partition coefficient (Wildman–Crippen LogP) is 6.25. The smallest absolute Gasteiger partial charge is 0.225 e. The Morgan fingerprint density at radius 2 is 1.68 bits per heavy atom. The van der Waals surface area contributed by atoms with Gasteiger partial charge in [-0.3, -0.25) is 14.6 Å². The molecule has 202 valence electrons. The number of carbonyl (C=O) groups is 2. The van der Waals surface area contributed by atoms with Crippen LogP contribution in [0.3, 0.4) is 0 Å². The number of nitrogens with one attached hydrogen (secondary N) is 3. The minimum atomic E-state index is -0.748. The van der Waals surface area contributed by atoms with Crippen molar-refractivity contribution in [2.75, 3.05) is 5.32 Å². The molecular weight excluding hydrogens is 517 g/mol. The molecule has 2 heterocycles. The summed E-state index contributed by atoms with van der Waals surface area (Å²) >= 11 is 0. The van der Waals surface area contributed by atoms with Gasteiger partial charge < -0.3 is 15.6 Å². The van der Waals surface area contributed by atoms with Crippen molar-refractivity contribution in [3.05, 3.63) is 119 Å². The highest BCUT2D eigenvalue weighted by atomic mass is 19.1. The second-order valence-electron chi connectivity index (χ2n) is 9.48. The van der Waals surface area contributed by atoms with Gasteiger partial charge in [0.05, 0.1) is 18.2 Å². The van der Waals surface area contributed by atoms with Crippen molar-refractivity contribution < 1.29 is 22.8 Å². The van der Waals surface area contributed by atoms with Crippen molar-refractivity contribution in [1.82, 2.24) is 15.3 Å². The number of nitrogens with zero attached hydrogens (tertiary/aromatic N) is 1. The molecule has 0 aliphatic carbocycles. The summed E-state index contributed by atoms with van der Waals surface area (Å²) in [6, 6.07) is 17.5. The molecule has 0 radical (unpaired) electrons. The van der Waals surface area contributed by atoms with E-state index in [0.29, 0.717) is 39.0 Å². The number of anilines is 1. The van der Waals surface area contributed by atoms with Crippen LogP contribution < -0.4 is 10.6 Å². The van der Waals surface area contributed by atoms with Gasteiger partial charge in [-0.2, -0.15) is 0 Å². The van der Waals surface area contributed by atoms with E-state index in [9.17, 15) is 22.8 Å². The summed E-state index contributed by atoms with van der Waals surface area (Å²) in [5, 5.41) is 6.29. The molecule has 0 saturated carbocycles. The summed E-state index contributed by atoms with van der Waals surface area (Å²) in [4.78, 5) is 32.3. The van der Waals surface area contributed by atoms with Gasteiger partial charge in [0.1, 0.15) is 17.5 Å². The van der Waals surface area contributed by atoms with E-state index in [1.807, 2.05) is 18.2 Å². The van der Waals surface area contributed by atoms with E-state index < -0.39 is 23.5 Å².